The van der Waals surface area contributed by atoms with Crippen LogP contribution in [0.3, 0.4) is 0 Å². The number of hydrogen-bond donors (Lipinski definition) is 3. The Morgan fingerprint density at radius 3 is 2.34 bits per heavy atom. The van der Waals surface area contributed by atoms with Crippen LogP contribution in [0.1, 0.15) is 42.4 Å². The van der Waals surface area contributed by atoms with E-state index in [4.69, 9.17) is 32.7 Å². The summed E-state index contributed by atoms with van der Waals surface area (Å²) >= 11 is 12.7. The minimum atomic E-state index is -1.64. The van der Waals surface area contributed by atoms with Crippen molar-refractivity contribution in [2.45, 2.75) is 37.5 Å². The Bertz CT molecular complexity index is 2280. The minimum absolute atomic E-state index is 0.0728. The van der Waals surface area contributed by atoms with Crippen molar-refractivity contribution in [3.05, 3.63) is 123 Å². The Kier molecular flexibility index (Phi) is 9.70. The molecule has 6 unspecified atom stereocenters. The number of carbonyl (C=O) groups is 4. The molecule has 4 amide bonds. The molecule has 2 aliphatic heterocycles. The van der Waals surface area contributed by atoms with Gasteiger partial charge in [0.25, 0.3) is 11.8 Å². The van der Waals surface area contributed by atoms with E-state index in [1.165, 1.54) is 18.1 Å². The Labute approximate surface area is 333 Å². The van der Waals surface area contributed by atoms with Gasteiger partial charge in [-0.15, -0.1) is 0 Å². The number of phenolic OH excluding ortho intramolecular Hbond substituents is 2. The normalized spacial score (nSPS) is 25.4. The summed E-state index contributed by atoms with van der Waals surface area (Å²) in [5.74, 6) is -5.21. The van der Waals surface area contributed by atoms with Crippen LogP contribution in [0.4, 0.5) is 5.69 Å². The maximum absolute atomic E-state index is 15.5. The number of carbonyl (C=O) groups excluding carboxylic acids is 4. The first-order chi connectivity index (χ1) is 27.0. The topological polar surface area (TPSA) is 146 Å². The van der Waals surface area contributed by atoms with Crippen LogP contribution < -0.4 is 14.9 Å². The average molecular weight is 797 g/mol. The molecule has 4 aromatic rings. The highest BCUT2D eigenvalue weighted by atomic mass is 35.5. The number of imide groups is 2. The van der Waals surface area contributed by atoms with Gasteiger partial charge in [-0.1, -0.05) is 71.2 Å². The van der Waals surface area contributed by atoms with Crippen molar-refractivity contribution in [1.82, 2.24) is 9.91 Å². The summed E-state index contributed by atoms with van der Waals surface area (Å²) in [5, 5.41) is 23.3. The summed E-state index contributed by atoms with van der Waals surface area (Å²) in [6, 6.07) is 23.3. The molecule has 6 atom stereocenters. The molecule has 0 spiro atoms. The number of halogens is 2. The van der Waals surface area contributed by atoms with Crippen molar-refractivity contribution in [3.63, 3.8) is 0 Å². The van der Waals surface area contributed by atoms with Crippen molar-refractivity contribution in [2.24, 2.45) is 23.7 Å². The smallest absolute Gasteiger partial charge is 0.260 e. The maximum Gasteiger partial charge on any atom is 0.260 e. The number of aromatic hydroxyl groups is 2. The van der Waals surface area contributed by atoms with E-state index >= 15 is 4.79 Å². The number of anilines is 1. The first-order valence-corrected chi connectivity index (χ1v) is 19.3. The average Bonchev–Trinajstić information content (AvgIpc) is 3.56. The maximum atomic E-state index is 15.5. The van der Waals surface area contributed by atoms with Crippen molar-refractivity contribution in [3.8, 4) is 23.0 Å². The molecule has 0 bridgehead atoms. The van der Waals surface area contributed by atoms with E-state index in [2.05, 4.69) is 5.43 Å². The largest absolute Gasteiger partial charge is 0.508 e. The fraction of sp³-hybridized carbons (Fsp3) is 0.302. The minimum Gasteiger partial charge on any atom is -0.508 e. The van der Waals surface area contributed by atoms with Gasteiger partial charge in [-0.25, -0.2) is 0 Å². The molecule has 0 aromatic heterocycles. The second kappa shape index (κ2) is 14.5. The number of phenols is 2. The Morgan fingerprint density at radius 2 is 1.64 bits per heavy atom. The number of likely N-dealkylation sites (tertiary alicyclic amines) is 1. The van der Waals surface area contributed by atoms with Gasteiger partial charge in [0, 0.05) is 23.0 Å². The lowest BCUT2D eigenvalue weighted by atomic mass is 9.49. The quantitative estimate of drug-likeness (QED) is 0.114. The van der Waals surface area contributed by atoms with Crippen LogP contribution in [-0.2, 0) is 31.0 Å². The third-order valence-corrected chi connectivity index (χ3v) is 12.4. The molecule has 288 valence electrons. The molecule has 8 rings (SSSR count). The summed E-state index contributed by atoms with van der Waals surface area (Å²) < 4.78 is 11.3. The van der Waals surface area contributed by atoms with Crippen LogP contribution >= 0.6 is 23.2 Å². The van der Waals surface area contributed by atoms with Crippen LogP contribution in [-0.4, -0.2) is 64.0 Å². The number of para-hydroxylation sites is 1. The SMILES string of the molecule is CCOc1cccc(C2C3=CCC4C(=O)N(CCc5ccc(O)cc5)C(=O)C4C3CC3C(=O)N(Nc4ccc(Cl)cc4Cl)C(=O)C32c2ccc(OC)cc2)c1O. The van der Waals surface area contributed by atoms with E-state index in [0.717, 1.165) is 10.6 Å². The number of nitrogens with zero attached hydrogens (tertiary/aromatic N) is 2. The fourth-order valence-corrected chi connectivity index (χ4v) is 9.87. The van der Waals surface area contributed by atoms with Gasteiger partial charge in [-0.3, -0.25) is 29.5 Å². The first kappa shape index (κ1) is 37.4. The summed E-state index contributed by atoms with van der Waals surface area (Å²) in [6.07, 6.45) is 2.63. The number of benzene rings is 4. The van der Waals surface area contributed by atoms with Gasteiger partial charge in [0.1, 0.15) is 11.5 Å². The number of methoxy groups -OCH3 is 1. The monoisotopic (exact) mass is 795 g/mol. The molecule has 13 heteroatoms. The van der Waals surface area contributed by atoms with Gasteiger partial charge in [-0.2, -0.15) is 5.01 Å². The van der Waals surface area contributed by atoms with Gasteiger partial charge in [0.2, 0.25) is 11.8 Å². The molecule has 11 nitrogen and oxygen atoms in total. The molecule has 56 heavy (non-hydrogen) atoms. The Hall–Kier alpha value is -5.52. The highest BCUT2D eigenvalue weighted by Gasteiger charge is 2.70. The predicted molar refractivity (Wildman–Crippen MR) is 208 cm³/mol. The second-order valence-electron chi connectivity index (χ2n) is 14.6. The number of fused-ring (bicyclic) bond motifs is 4. The molecule has 3 N–H and O–H groups in total. The van der Waals surface area contributed by atoms with E-state index < -0.39 is 46.8 Å². The van der Waals surface area contributed by atoms with E-state index in [1.54, 1.807) is 85.8 Å². The summed E-state index contributed by atoms with van der Waals surface area (Å²) in [4.78, 5) is 60.3. The van der Waals surface area contributed by atoms with Crippen LogP contribution in [0.15, 0.2) is 96.6 Å². The number of ether oxygens (including phenoxy) is 2. The number of rotatable bonds is 10. The molecule has 2 saturated heterocycles. The zero-order valence-corrected chi connectivity index (χ0v) is 32.1. The zero-order chi connectivity index (χ0) is 39.5. The van der Waals surface area contributed by atoms with Gasteiger partial charge in [0.05, 0.1) is 47.6 Å². The van der Waals surface area contributed by atoms with Crippen molar-refractivity contribution < 1.29 is 38.9 Å². The molecule has 4 aromatic carbocycles. The number of hydrazine groups is 1. The highest BCUT2D eigenvalue weighted by molar-refractivity contribution is 6.36. The predicted octanol–water partition coefficient (Wildman–Crippen LogP) is 7.04. The van der Waals surface area contributed by atoms with E-state index in [1.807, 2.05) is 6.08 Å². The van der Waals surface area contributed by atoms with Gasteiger partial charge in [-0.05, 0) is 91.8 Å². The molecule has 2 aliphatic carbocycles. The lowest BCUT2D eigenvalue weighted by Gasteiger charge is -2.50. The number of allylic oxidation sites excluding steroid dienone is 2. The van der Waals surface area contributed by atoms with Crippen molar-refractivity contribution in [2.75, 3.05) is 25.7 Å². The van der Waals surface area contributed by atoms with E-state index in [0.29, 0.717) is 33.9 Å². The molecular weight excluding hydrogens is 757 g/mol. The molecule has 4 aliphatic rings. The molecular formula is C43H39Cl2N3O8. The number of hydrogen-bond acceptors (Lipinski definition) is 9. The molecule has 3 fully saturated rings. The lowest BCUT2D eigenvalue weighted by molar-refractivity contribution is -0.141. The zero-order valence-electron chi connectivity index (χ0n) is 30.6. The van der Waals surface area contributed by atoms with Gasteiger partial charge < -0.3 is 19.7 Å². The Morgan fingerprint density at radius 1 is 0.893 bits per heavy atom. The summed E-state index contributed by atoms with van der Waals surface area (Å²) in [5.41, 5.74) is 4.01. The van der Waals surface area contributed by atoms with Crippen molar-refractivity contribution >= 4 is 52.5 Å². The summed E-state index contributed by atoms with van der Waals surface area (Å²) in [6.45, 7) is 2.20. The lowest BCUT2D eigenvalue weighted by Crippen LogP contribution is -2.53. The standard InChI is InChI=1S/C43H39Cl2N3O8/c1-3-56-35-6-4-5-30(38(35)50)37-28-16-17-29-36(41(53)47(39(29)51)20-19-23-7-12-26(49)13-8-23)31(28)22-32-40(52)48(46-34-18-11-25(44)21-33(34)45)42(54)43(32,37)24-9-14-27(55-2)15-10-24/h4-16,18,21,29,31-32,36-37,46,49-50H,3,17,19-20,22H2,1-2H3. The Balaban J connectivity index is 1.29. The molecule has 2 heterocycles. The summed E-state index contributed by atoms with van der Waals surface area (Å²) in [7, 11) is 1.53. The third kappa shape index (κ3) is 5.87. The van der Waals surface area contributed by atoms with Crippen LogP contribution in [0.25, 0.3) is 0 Å². The van der Waals surface area contributed by atoms with Crippen LogP contribution in [0, 0.1) is 23.7 Å². The fourth-order valence-electron chi connectivity index (χ4n) is 9.42. The highest BCUT2D eigenvalue weighted by Crippen LogP contribution is 2.65. The first-order valence-electron chi connectivity index (χ1n) is 18.5. The van der Waals surface area contributed by atoms with Crippen LogP contribution in [0.2, 0.25) is 10.0 Å². The van der Waals surface area contributed by atoms with Crippen molar-refractivity contribution in [1.29, 1.82) is 0 Å². The van der Waals surface area contributed by atoms with Crippen LogP contribution in [0.5, 0.6) is 23.0 Å². The number of nitrogens with one attached hydrogen (secondary N) is 1. The number of amides is 4. The third-order valence-electron chi connectivity index (χ3n) is 11.9. The molecule has 0 radical (unpaired) electrons. The van der Waals surface area contributed by atoms with Gasteiger partial charge in [0.15, 0.2) is 11.5 Å². The van der Waals surface area contributed by atoms with Gasteiger partial charge >= 0.3 is 0 Å². The van der Waals surface area contributed by atoms with E-state index in [9.17, 15) is 24.6 Å². The second-order valence-corrected chi connectivity index (χ2v) is 15.4. The van der Waals surface area contributed by atoms with E-state index in [-0.39, 0.29) is 65.8 Å². The molecule has 1 saturated carbocycles.